The van der Waals surface area contributed by atoms with Gasteiger partial charge in [0.2, 0.25) is 5.95 Å². The van der Waals surface area contributed by atoms with E-state index in [2.05, 4.69) is 42.3 Å². The molecule has 24 heavy (non-hydrogen) atoms. The van der Waals surface area contributed by atoms with Crippen molar-refractivity contribution >= 4 is 11.9 Å². The molecule has 0 saturated carbocycles. The molecule has 4 nitrogen and oxygen atoms in total. The predicted molar refractivity (Wildman–Crippen MR) is 97.3 cm³/mol. The fourth-order valence-electron chi connectivity index (χ4n) is 2.57. The lowest BCUT2D eigenvalue weighted by Gasteiger charge is -2.09. The lowest BCUT2D eigenvalue weighted by molar-refractivity contribution is 0.102. The van der Waals surface area contributed by atoms with Crippen LogP contribution in [0.3, 0.4) is 0 Å². The Morgan fingerprint density at radius 2 is 1.71 bits per heavy atom. The Kier molecular flexibility index (Phi) is 4.21. The zero-order valence-corrected chi connectivity index (χ0v) is 14.4. The first kappa shape index (κ1) is 16.0. The number of carbonyl (C=O) groups excluding carboxylic acids is 1. The summed E-state index contributed by atoms with van der Waals surface area (Å²) in [5.41, 5.74) is 6.30. The van der Waals surface area contributed by atoms with E-state index in [1.165, 1.54) is 11.1 Å². The predicted octanol–water partition coefficient (Wildman–Crippen LogP) is 4.26. The summed E-state index contributed by atoms with van der Waals surface area (Å²) in [7, 11) is 1.91. The number of anilines is 1. The molecule has 0 aliphatic heterocycles. The summed E-state index contributed by atoms with van der Waals surface area (Å²) in [6.07, 6.45) is 1.79. The van der Waals surface area contributed by atoms with Crippen LogP contribution in [0.25, 0.3) is 11.3 Å². The van der Waals surface area contributed by atoms with Crippen molar-refractivity contribution in [2.45, 2.75) is 20.8 Å². The van der Waals surface area contributed by atoms with Crippen molar-refractivity contribution in [3.05, 3.63) is 70.9 Å². The van der Waals surface area contributed by atoms with Gasteiger partial charge in [-0.15, -0.1) is 0 Å². The fourth-order valence-corrected chi connectivity index (χ4v) is 2.57. The molecular formula is C20H21N3O. The number of imidazole rings is 1. The Morgan fingerprint density at radius 3 is 2.38 bits per heavy atom. The molecule has 0 aliphatic rings. The van der Waals surface area contributed by atoms with Crippen LogP contribution < -0.4 is 5.32 Å². The van der Waals surface area contributed by atoms with Crippen molar-refractivity contribution < 1.29 is 4.79 Å². The summed E-state index contributed by atoms with van der Waals surface area (Å²) in [6, 6.07) is 13.8. The number of rotatable bonds is 3. The highest BCUT2D eigenvalue weighted by molar-refractivity contribution is 6.03. The molecule has 122 valence electrons. The van der Waals surface area contributed by atoms with Gasteiger partial charge in [-0.3, -0.25) is 10.1 Å². The largest absolute Gasteiger partial charge is 0.313 e. The van der Waals surface area contributed by atoms with Gasteiger partial charge >= 0.3 is 0 Å². The normalized spacial score (nSPS) is 10.7. The number of aryl methyl sites for hydroxylation is 3. The van der Waals surface area contributed by atoms with Gasteiger partial charge in [-0.2, -0.15) is 0 Å². The van der Waals surface area contributed by atoms with E-state index in [1.807, 2.05) is 42.8 Å². The van der Waals surface area contributed by atoms with Crippen molar-refractivity contribution in [3.8, 4) is 11.3 Å². The standard InChI is InChI=1S/C20H21N3O/c1-13-5-8-16(9-6-13)19(24)22-20-21-12-18(23(20)4)17-10-7-14(2)15(3)11-17/h5-12H,1-4H3,(H,21,22,24). The number of aromatic nitrogens is 2. The molecule has 3 aromatic rings. The molecular weight excluding hydrogens is 298 g/mol. The van der Waals surface area contributed by atoms with Gasteiger partial charge in [0.25, 0.3) is 5.91 Å². The van der Waals surface area contributed by atoms with Gasteiger partial charge in [-0.25, -0.2) is 4.98 Å². The zero-order valence-electron chi connectivity index (χ0n) is 14.4. The first-order valence-corrected chi connectivity index (χ1v) is 7.93. The van der Waals surface area contributed by atoms with Gasteiger partial charge in [0.15, 0.2) is 0 Å². The van der Waals surface area contributed by atoms with Crippen molar-refractivity contribution in [2.75, 3.05) is 5.32 Å². The van der Waals surface area contributed by atoms with Crippen LogP contribution in [0, 0.1) is 20.8 Å². The number of nitrogens with zero attached hydrogens (tertiary/aromatic N) is 2. The third-order valence-corrected chi connectivity index (χ3v) is 4.33. The van der Waals surface area contributed by atoms with Gasteiger partial charge in [0.1, 0.15) is 0 Å². The van der Waals surface area contributed by atoms with Crippen molar-refractivity contribution in [1.29, 1.82) is 0 Å². The van der Waals surface area contributed by atoms with E-state index in [0.717, 1.165) is 16.8 Å². The van der Waals surface area contributed by atoms with Crippen molar-refractivity contribution in [1.82, 2.24) is 9.55 Å². The molecule has 1 heterocycles. The molecule has 1 N–H and O–H groups in total. The van der Waals surface area contributed by atoms with E-state index in [1.54, 1.807) is 6.20 Å². The molecule has 0 radical (unpaired) electrons. The zero-order chi connectivity index (χ0) is 17.3. The highest BCUT2D eigenvalue weighted by Gasteiger charge is 2.13. The molecule has 0 fully saturated rings. The summed E-state index contributed by atoms with van der Waals surface area (Å²) in [5.74, 6) is 0.379. The minimum absolute atomic E-state index is 0.157. The highest BCUT2D eigenvalue weighted by Crippen LogP contribution is 2.24. The Labute approximate surface area is 142 Å². The second-order valence-corrected chi connectivity index (χ2v) is 6.15. The number of benzene rings is 2. The molecule has 0 spiro atoms. The average Bonchev–Trinajstić information content (AvgIpc) is 2.91. The Balaban J connectivity index is 1.85. The maximum Gasteiger partial charge on any atom is 0.257 e. The number of nitrogens with one attached hydrogen (secondary N) is 1. The van der Waals surface area contributed by atoms with E-state index < -0.39 is 0 Å². The highest BCUT2D eigenvalue weighted by atomic mass is 16.1. The number of amides is 1. The van der Waals surface area contributed by atoms with Crippen LogP contribution in [0.5, 0.6) is 0 Å². The van der Waals surface area contributed by atoms with Crippen LogP contribution in [0.2, 0.25) is 0 Å². The van der Waals surface area contributed by atoms with Crippen LogP contribution >= 0.6 is 0 Å². The van der Waals surface area contributed by atoms with Crippen molar-refractivity contribution in [2.24, 2.45) is 7.05 Å². The maximum atomic E-state index is 12.4. The Hall–Kier alpha value is -2.88. The summed E-state index contributed by atoms with van der Waals surface area (Å²) in [4.78, 5) is 16.7. The maximum absolute atomic E-state index is 12.4. The summed E-state index contributed by atoms with van der Waals surface area (Å²) in [5, 5.41) is 2.88. The molecule has 0 unspecified atom stereocenters. The molecule has 1 amide bonds. The second-order valence-electron chi connectivity index (χ2n) is 6.15. The number of carbonyl (C=O) groups is 1. The lowest BCUT2D eigenvalue weighted by Crippen LogP contribution is -2.15. The van der Waals surface area contributed by atoms with Crippen LogP contribution in [0.15, 0.2) is 48.7 Å². The molecule has 0 bridgehead atoms. The quantitative estimate of drug-likeness (QED) is 0.784. The van der Waals surface area contributed by atoms with Gasteiger partial charge in [0, 0.05) is 18.2 Å². The van der Waals surface area contributed by atoms with Crippen LogP contribution in [-0.2, 0) is 7.05 Å². The summed E-state index contributed by atoms with van der Waals surface area (Å²) < 4.78 is 1.90. The van der Waals surface area contributed by atoms with E-state index in [-0.39, 0.29) is 5.91 Å². The number of hydrogen-bond acceptors (Lipinski definition) is 2. The third kappa shape index (κ3) is 3.08. The Bertz CT molecular complexity index is 892. The summed E-state index contributed by atoms with van der Waals surface area (Å²) >= 11 is 0. The van der Waals surface area contributed by atoms with Gasteiger partial charge in [-0.1, -0.05) is 29.8 Å². The van der Waals surface area contributed by atoms with E-state index >= 15 is 0 Å². The minimum Gasteiger partial charge on any atom is -0.313 e. The molecule has 0 atom stereocenters. The SMILES string of the molecule is Cc1ccc(C(=O)Nc2ncc(-c3ccc(C)c(C)c3)n2C)cc1. The Morgan fingerprint density at radius 1 is 1.00 bits per heavy atom. The number of hydrogen-bond donors (Lipinski definition) is 1. The van der Waals surface area contributed by atoms with Crippen molar-refractivity contribution in [3.63, 3.8) is 0 Å². The minimum atomic E-state index is -0.157. The van der Waals surface area contributed by atoms with Crippen LogP contribution in [0.4, 0.5) is 5.95 Å². The lowest BCUT2D eigenvalue weighted by atomic mass is 10.0. The second kappa shape index (κ2) is 6.32. The van der Waals surface area contributed by atoms with E-state index in [4.69, 9.17) is 0 Å². The smallest absolute Gasteiger partial charge is 0.257 e. The molecule has 4 heteroatoms. The van der Waals surface area contributed by atoms with E-state index in [0.29, 0.717) is 11.5 Å². The third-order valence-electron chi connectivity index (χ3n) is 4.33. The molecule has 0 saturated heterocycles. The van der Waals surface area contributed by atoms with Gasteiger partial charge in [0.05, 0.1) is 11.9 Å². The topological polar surface area (TPSA) is 46.9 Å². The molecule has 1 aromatic heterocycles. The first-order valence-electron chi connectivity index (χ1n) is 7.93. The molecule has 2 aromatic carbocycles. The van der Waals surface area contributed by atoms with Crippen LogP contribution in [-0.4, -0.2) is 15.5 Å². The first-order chi connectivity index (χ1) is 11.5. The van der Waals surface area contributed by atoms with Crippen LogP contribution in [0.1, 0.15) is 27.0 Å². The fraction of sp³-hybridized carbons (Fsp3) is 0.200. The molecule has 0 aliphatic carbocycles. The molecule has 3 rings (SSSR count). The van der Waals surface area contributed by atoms with Gasteiger partial charge < -0.3 is 4.57 Å². The van der Waals surface area contributed by atoms with Gasteiger partial charge in [-0.05, 0) is 50.1 Å². The monoisotopic (exact) mass is 319 g/mol. The average molecular weight is 319 g/mol. The van der Waals surface area contributed by atoms with E-state index in [9.17, 15) is 4.79 Å². The summed E-state index contributed by atoms with van der Waals surface area (Å²) in [6.45, 7) is 6.18.